The van der Waals surface area contributed by atoms with Crippen molar-refractivity contribution >= 4 is 55.7 Å². The lowest BCUT2D eigenvalue weighted by molar-refractivity contribution is -0.750. The van der Waals surface area contributed by atoms with Gasteiger partial charge in [0.15, 0.2) is 5.69 Å². The number of carbonyl (C=O) groups excluding carboxylic acids is 1. The molecule has 4 fully saturated rings. The van der Waals surface area contributed by atoms with Gasteiger partial charge in [0, 0.05) is 69.2 Å². The Morgan fingerprint density at radius 1 is 1.01 bits per heavy atom. The predicted molar refractivity (Wildman–Crippen MR) is 272 cm³/mol. The van der Waals surface area contributed by atoms with Gasteiger partial charge in [-0.15, -0.1) is 0 Å². The van der Waals surface area contributed by atoms with E-state index in [2.05, 4.69) is 74.5 Å². The second kappa shape index (κ2) is 18.3. The summed E-state index contributed by atoms with van der Waals surface area (Å²) in [4.78, 5) is 28.3. The Kier molecular flexibility index (Phi) is 12.5. The van der Waals surface area contributed by atoms with Gasteiger partial charge in [-0.1, -0.05) is 63.3 Å². The van der Waals surface area contributed by atoms with Crippen LogP contribution >= 0.6 is 0 Å². The number of quaternary nitrogens is 1. The molecule has 5 aliphatic rings. The standard InChI is InChI=1S/C54H66N8O6S/c1-34(2)40-10-7-8-11-41(40)42-12-9-13-44(42)62-31-54(32-62)22-24-61(25-23-54)38-16-17-43(46(27-38)68-39-26-37-15-14-35(3)48(37)56-30-39)52(63)58-69(66,67)47-28-45(60(6)65)49(51-50(47)57-33-59(51)5)55-29-36-18-20-53(4,64)21-19-36/h7-8,10-11,14-17,26-28,30,33-34,36,42,44,55,60,64H,3,9,12-13,18-25,29,31-32H2,1-2,4-6H3,(H,58,63)/t36?,42-,44?,53?/m0/s1. The Balaban J connectivity index is 0.884. The Bertz CT molecular complexity index is 2940. The Hall–Kier alpha value is -5.58. The first-order valence-corrected chi connectivity index (χ1v) is 26.3. The van der Waals surface area contributed by atoms with Gasteiger partial charge in [0.05, 0.1) is 41.9 Å². The number of aromatic nitrogens is 3. The van der Waals surface area contributed by atoms with Gasteiger partial charge in [-0.3, -0.25) is 14.7 Å². The number of allylic oxidation sites excluding steroid dienone is 2. The van der Waals surface area contributed by atoms with Crippen LogP contribution in [0.25, 0.3) is 22.7 Å². The summed E-state index contributed by atoms with van der Waals surface area (Å²) in [7, 11) is -1.47. The highest BCUT2D eigenvalue weighted by atomic mass is 32.2. The van der Waals surface area contributed by atoms with Gasteiger partial charge < -0.3 is 34.9 Å². The minimum absolute atomic E-state index is 0.0184. The Morgan fingerprint density at radius 3 is 2.51 bits per heavy atom. The maximum absolute atomic E-state index is 14.5. The van der Waals surface area contributed by atoms with Gasteiger partial charge >= 0.3 is 0 Å². The zero-order valence-corrected chi connectivity index (χ0v) is 41.4. The number of ether oxygens (including phenoxy) is 1. The molecule has 1 amide bonds. The smallest absolute Gasteiger partial charge is 0.268 e. The lowest BCUT2D eigenvalue weighted by Crippen LogP contribution is -2.98. The molecular formula is C54H66N8O6S. The Morgan fingerprint density at radius 2 is 1.77 bits per heavy atom. The molecule has 3 aromatic carbocycles. The van der Waals surface area contributed by atoms with Crippen molar-refractivity contribution in [1.29, 1.82) is 0 Å². The number of hydroxylamine groups is 1. The lowest BCUT2D eigenvalue weighted by atomic mass is 9.70. The lowest BCUT2D eigenvalue weighted by Gasteiger charge is -2.57. The minimum Gasteiger partial charge on any atom is -0.629 e. The van der Waals surface area contributed by atoms with E-state index in [1.165, 1.54) is 49.8 Å². The molecule has 2 unspecified atom stereocenters. The fraction of sp³-hybridized carbons (Fsp3) is 0.463. The van der Waals surface area contributed by atoms with Gasteiger partial charge in [-0.2, -0.15) is 0 Å². The summed E-state index contributed by atoms with van der Waals surface area (Å²) in [6.07, 6.45) is 15.7. The fourth-order valence-corrected chi connectivity index (χ4v) is 13.1. The van der Waals surface area contributed by atoms with E-state index in [0.717, 1.165) is 74.4 Å². The summed E-state index contributed by atoms with van der Waals surface area (Å²) in [6, 6.07) is 18.1. The van der Waals surface area contributed by atoms with E-state index in [1.54, 1.807) is 23.9 Å². The molecule has 15 heteroatoms. The number of rotatable bonds is 13. The minimum atomic E-state index is -4.61. The number of aryl methyl sites for hydroxylation is 1. The van der Waals surface area contributed by atoms with Crippen LogP contribution in [0.3, 0.4) is 0 Å². The van der Waals surface area contributed by atoms with Crippen molar-refractivity contribution in [2.24, 2.45) is 18.4 Å². The van der Waals surface area contributed by atoms with Crippen LogP contribution in [0.5, 0.6) is 11.5 Å². The van der Waals surface area contributed by atoms with Crippen LogP contribution in [0.2, 0.25) is 0 Å². The van der Waals surface area contributed by atoms with E-state index >= 15 is 0 Å². The summed E-state index contributed by atoms with van der Waals surface area (Å²) < 4.78 is 39.4. The third-order valence-electron chi connectivity index (χ3n) is 15.9. The zero-order valence-electron chi connectivity index (χ0n) is 40.6. The molecule has 2 aromatic heterocycles. The van der Waals surface area contributed by atoms with Crippen molar-refractivity contribution in [3.8, 4) is 11.5 Å². The van der Waals surface area contributed by atoms with Gasteiger partial charge in [0.2, 0.25) is 0 Å². The Labute approximate surface area is 406 Å². The van der Waals surface area contributed by atoms with Crippen molar-refractivity contribution in [1.82, 2.24) is 24.2 Å². The number of anilines is 2. The highest BCUT2D eigenvalue weighted by molar-refractivity contribution is 7.90. The molecule has 2 saturated carbocycles. The summed E-state index contributed by atoms with van der Waals surface area (Å²) in [5.74, 6) is 1.02. The van der Waals surface area contributed by atoms with Crippen molar-refractivity contribution in [2.45, 2.75) is 107 Å². The number of imidazole rings is 1. The second-order valence-corrected chi connectivity index (χ2v) is 22.8. The number of nitrogens with zero attached hydrogens (tertiary/aromatic N) is 5. The van der Waals surface area contributed by atoms with Gasteiger partial charge in [-0.25, -0.2) is 18.1 Å². The van der Waals surface area contributed by atoms with E-state index in [-0.39, 0.29) is 43.8 Å². The molecule has 3 aliphatic carbocycles. The molecule has 364 valence electrons. The first-order valence-electron chi connectivity index (χ1n) is 24.8. The number of sulfonamides is 1. The van der Waals surface area contributed by atoms with Gasteiger partial charge in [0.1, 0.15) is 27.6 Å². The average molecular weight is 955 g/mol. The average Bonchev–Trinajstić information content (AvgIpc) is 4.06. The number of pyridine rings is 1. The maximum atomic E-state index is 14.5. The largest absolute Gasteiger partial charge is 0.629 e. The van der Waals surface area contributed by atoms with Crippen LogP contribution in [0.15, 0.2) is 84.7 Å². The summed E-state index contributed by atoms with van der Waals surface area (Å²) in [6.45, 7) is 15.0. The van der Waals surface area contributed by atoms with Crippen LogP contribution in [0, 0.1) is 16.5 Å². The molecule has 0 radical (unpaired) electrons. The molecule has 10 rings (SSSR count). The van der Waals surface area contributed by atoms with Crippen LogP contribution in [-0.4, -0.2) is 90.3 Å². The highest BCUT2D eigenvalue weighted by Crippen LogP contribution is 2.49. The molecule has 5 aromatic rings. The van der Waals surface area contributed by atoms with Gasteiger partial charge in [-0.05, 0) is 116 Å². The molecule has 1 spiro atoms. The number of carbonyl (C=O) groups is 1. The van der Waals surface area contributed by atoms with Crippen molar-refractivity contribution in [3.05, 3.63) is 113 Å². The number of piperidine rings is 1. The maximum Gasteiger partial charge on any atom is 0.268 e. The van der Waals surface area contributed by atoms with E-state index in [0.29, 0.717) is 54.2 Å². The van der Waals surface area contributed by atoms with Crippen molar-refractivity contribution in [3.63, 3.8) is 0 Å². The monoisotopic (exact) mass is 954 g/mol. The predicted octanol–water partition coefficient (Wildman–Crippen LogP) is 8.28. The van der Waals surface area contributed by atoms with E-state index in [1.807, 2.05) is 37.3 Å². The molecule has 14 nitrogen and oxygen atoms in total. The molecular weight excluding hydrogens is 889 g/mol. The SMILES string of the molecule is C=C1C=Cc2cc(Oc3cc(N4CCC5(CC4)CN(C4CCC[C@H]4c4ccccc4C(C)C)C5)ccc3C(=O)NS(=O)(=O)c3cc([NH+](C)[O-])c(NCC4CCC(C)(O)CC4)c4c3ncn4C)cnc21. The number of benzene rings is 3. The number of likely N-dealkylation sites (tertiary alicyclic amines) is 1. The topological polar surface area (TPSA) is 169 Å². The summed E-state index contributed by atoms with van der Waals surface area (Å²) in [5, 5.41) is 26.9. The summed E-state index contributed by atoms with van der Waals surface area (Å²) >= 11 is 0. The highest BCUT2D eigenvalue weighted by Gasteiger charge is 2.49. The number of hydrogen-bond acceptors (Lipinski definition) is 11. The quantitative estimate of drug-likeness (QED) is 0.0839. The van der Waals surface area contributed by atoms with Gasteiger partial charge in [0.25, 0.3) is 15.9 Å². The van der Waals surface area contributed by atoms with Crippen LogP contribution in [-0.2, 0) is 17.1 Å². The number of fused-ring (bicyclic) bond motifs is 2. The molecule has 69 heavy (non-hydrogen) atoms. The van der Waals surface area contributed by atoms with E-state index < -0.39 is 21.5 Å². The van der Waals surface area contributed by atoms with Crippen LogP contribution in [0.4, 0.5) is 17.1 Å². The number of nitrogens with one attached hydrogen (secondary N) is 3. The molecule has 0 bridgehead atoms. The molecule has 3 atom stereocenters. The first-order chi connectivity index (χ1) is 33.0. The van der Waals surface area contributed by atoms with E-state index in [9.17, 15) is 23.5 Å². The second-order valence-electron chi connectivity index (χ2n) is 21.2. The zero-order chi connectivity index (χ0) is 48.4. The molecule has 2 saturated heterocycles. The normalized spacial score (nSPS) is 23.9. The molecule has 4 heterocycles. The summed E-state index contributed by atoms with van der Waals surface area (Å²) in [5.41, 5.74) is 7.08. The number of amides is 1. The third kappa shape index (κ3) is 9.20. The molecule has 4 N–H and O–H groups in total. The number of aliphatic hydroxyl groups is 1. The fourth-order valence-electron chi connectivity index (χ4n) is 12.0. The van der Waals surface area contributed by atoms with E-state index in [4.69, 9.17) is 4.74 Å². The number of hydrogen-bond donors (Lipinski definition) is 4. The molecule has 2 aliphatic heterocycles. The third-order valence-corrected chi connectivity index (χ3v) is 17.3. The first kappa shape index (κ1) is 47.1. The van der Waals surface area contributed by atoms with Crippen molar-refractivity contribution in [2.75, 3.05) is 50.0 Å². The van der Waals surface area contributed by atoms with Crippen LogP contribution < -0.4 is 24.7 Å². The van der Waals surface area contributed by atoms with Crippen LogP contribution in [0.1, 0.15) is 123 Å². The van der Waals surface area contributed by atoms with Crippen molar-refractivity contribution < 1.29 is 28.1 Å².